The number of aromatic nitrogens is 19. The molecule has 11 heterocycles. The van der Waals surface area contributed by atoms with E-state index in [-0.39, 0.29) is 0 Å². The molecule has 0 bridgehead atoms. The molecule has 11 aromatic rings. The Morgan fingerprint density at radius 2 is 0.733 bits per heavy atom. The summed E-state index contributed by atoms with van der Waals surface area (Å²) in [5, 5.41) is 10.3. The molecule has 11 rings (SSSR count). The normalized spacial score (nSPS) is 9.15. The number of rotatable bonds is 0. The van der Waals surface area contributed by atoms with Crippen molar-refractivity contribution in [1.29, 1.82) is 0 Å². The second kappa shape index (κ2) is 44.5. The summed E-state index contributed by atoms with van der Waals surface area (Å²) in [7, 11) is 0. The minimum Gasteiger partial charge on any atom is -0.619 e. The lowest BCUT2D eigenvalue weighted by Crippen LogP contribution is -2.23. The molecule has 20 nitrogen and oxygen atoms in total. The van der Waals surface area contributed by atoms with Crippen molar-refractivity contribution < 1.29 is 4.73 Å². The molecule has 450 valence electrons. The van der Waals surface area contributed by atoms with Gasteiger partial charge in [-0.15, -0.1) is 0 Å². The molecule has 0 unspecified atom stereocenters. The molecule has 86 heavy (non-hydrogen) atoms. The molecule has 0 aliphatic heterocycles. The third-order valence-corrected chi connectivity index (χ3v) is 10.4. The van der Waals surface area contributed by atoms with Crippen LogP contribution in [0.1, 0.15) is 108 Å². The summed E-state index contributed by atoms with van der Waals surface area (Å²) < 4.78 is 0.771. The average Bonchev–Trinajstić information content (AvgIpc) is 3.58. The van der Waals surface area contributed by atoms with Crippen LogP contribution in [0.15, 0.2) is 173 Å². The van der Waals surface area contributed by atoms with Crippen LogP contribution in [0.3, 0.4) is 0 Å². The number of pyridine rings is 3. The number of nitrogens with zero attached hydrogens (tertiary/aromatic N) is 19. The highest BCUT2D eigenvalue weighted by Crippen LogP contribution is 2.03. The molecule has 0 fully saturated rings. The molecule has 0 aliphatic carbocycles. The fourth-order valence-electron chi connectivity index (χ4n) is 5.83. The Hall–Kier alpha value is -10.1. The number of hydrogen-bond acceptors (Lipinski definition) is 19. The zero-order valence-electron chi connectivity index (χ0n) is 53.6. The fourth-order valence-corrected chi connectivity index (χ4v) is 5.83. The molecule has 0 saturated carbocycles. The zero-order chi connectivity index (χ0) is 64.1. The van der Waals surface area contributed by atoms with Crippen LogP contribution < -0.4 is 4.73 Å². The van der Waals surface area contributed by atoms with E-state index in [0.29, 0.717) is 0 Å². The Bertz CT molecular complexity index is 3030. The van der Waals surface area contributed by atoms with Crippen molar-refractivity contribution in [1.82, 2.24) is 89.7 Å². The van der Waals surface area contributed by atoms with Gasteiger partial charge in [0.1, 0.15) is 48.6 Å². The van der Waals surface area contributed by atoms with Gasteiger partial charge in [0.25, 0.3) is 0 Å². The van der Waals surface area contributed by atoms with Gasteiger partial charge in [0.05, 0.1) is 0 Å². The zero-order valence-corrected chi connectivity index (χ0v) is 53.6. The maximum Gasteiger partial charge on any atom is 0.180 e. The van der Waals surface area contributed by atoms with Crippen LogP contribution in [0.5, 0.6) is 0 Å². The van der Waals surface area contributed by atoms with Crippen molar-refractivity contribution in [3.63, 3.8) is 0 Å². The van der Waals surface area contributed by atoms with Gasteiger partial charge in [0.2, 0.25) is 0 Å². The molecule has 11 aromatic heterocycles. The summed E-state index contributed by atoms with van der Waals surface area (Å²) in [6.45, 7) is 37.3. The number of aryl methyl sites for hydroxylation is 19. The first-order valence-corrected chi connectivity index (χ1v) is 27.3. The molecular weight excluding hydrogens is 1070 g/mol. The first-order valence-electron chi connectivity index (χ1n) is 27.3. The Kier molecular flexibility index (Phi) is 38.2. The Balaban J connectivity index is 0.000000473. The van der Waals surface area contributed by atoms with Gasteiger partial charge in [-0.1, -0.05) is 0 Å². The van der Waals surface area contributed by atoms with E-state index in [1.54, 1.807) is 74.2 Å². The van der Waals surface area contributed by atoms with Gasteiger partial charge < -0.3 is 5.21 Å². The molecule has 0 aromatic carbocycles. The van der Waals surface area contributed by atoms with Gasteiger partial charge in [0.15, 0.2) is 12.4 Å². The van der Waals surface area contributed by atoms with Crippen LogP contribution in [0.2, 0.25) is 0 Å². The van der Waals surface area contributed by atoms with Gasteiger partial charge in [-0.05, 0) is 219 Å². The minimum absolute atomic E-state index is 0.771. The summed E-state index contributed by atoms with van der Waals surface area (Å²) in [6, 6.07) is 19.1. The molecule has 0 saturated heterocycles. The molecule has 20 heteroatoms. The smallest absolute Gasteiger partial charge is 0.180 e. The predicted molar refractivity (Wildman–Crippen MR) is 340 cm³/mol. The van der Waals surface area contributed by atoms with Gasteiger partial charge in [-0.2, -0.15) is 4.73 Å². The Morgan fingerprint density at radius 3 is 1.03 bits per heavy atom. The van der Waals surface area contributed by atoms with E-state index in [1.165, 1.54) is 41.7 Å². The van der Waals surface area contributed by atoms with Crippen molar-refractivity contribution in [3.05, 3.63) is 286 Å². The fraction of sp³-hybridized carbons (Fsp3) is 0.288. The monoisotopic (exact) mass is 1160 g/mol. The lowest BCUT2D eigenvalue weighted by molar-refractivity contribution is -0.605. The SMILES string of the molecule is Cc1cc(C)nc(C)c1.Cc1cc(C)ncn1.Cc1cc[n+]([O-])cc1.Cc1ccnc(C)n1.Cc1ccnc(C)n1.Cc1ccncc1C.Cc1ccncn1.Cc1cnc(C)nc1.Cc1cncnc1.Cc1cncnc1C.Cc1ncccn1. The van der Waals surface area contributed by atoms with Gasteiger partial charge in [0, 0.05) is 132 Å². The summed E-state index contributed by atoms with van der Waals surface area (Å²) in [4.78, 5) is 70.6. The highest BCUT2D eigenvalue weighted by Gasteiger charge is 1.91. The highest BCUT2D eigenvalue weighted by atomic mass is 16.5. The first-order chi connectivity index (χ1) is 40.9. The van der Waals surface area contributed by atoms with Crippen molar-refractivity contribution in [2.45, 2.75) is 132 Å². The van der Waals surface area contributed by atoms with Crippen molar-refractivity contribution >= 4 is 0 Å². The third kappa shape index (κ3) is 41.0. The van der Waals surface area contributed by atoms with E-state index in [1.807, 2.05) is 172 Å². The number of hydrogen-bond donors (Lipinski definition) is 0. The van der Waals surface area contributed by atoms with Crippen LogP contribution in [0.25, 0.3) is 0 Å². The van der Waals surface area contributed by atoms with Crippen LogP contribution in [-0.4, -0.2) is 89.7 Å². The van der Waals surface area contributed by atoms with E-state index in [4.69, 9.17) is 0 Å². The average molecular weight is 1160 g/mol. The lowest BCUT2D eigenvalue weighted by atomic mass is 10.2. The summed E-state index contributed by atoms with van der Waals surface area (Å²) >= 11 is 0. The van der Waals surface area contributed by atoms with Gasteiger partial charge >= 0.3 is 0 Å². The van der Waals surface area contributed by atoms with E-state index in [0.717, 1.165) is 95.8 Å². The molecule has 0 aliphatic rings. The third-order valence-electron chi connectivity index (χ3n) is 10.4. The topological polar surface area (TPSA) is 259 Å². The highest BCUT2D eigenvalue weighted by molar-refractivity contribution is 5.19. The maximum atomic E-state index is 10.3. The maximum absolute atomic E-state index is 10.3. The Morgan fingerprint density at radius 1 is 0.279 bits per heavy atom. The molecule has 0 amide bonds. The molecule has 0 atom stereocenters. The predicted octanol–water partition coefficient (Wildman–Crippen LogP) is 12.2. The van der Waals surface area contributed by atoms with E-state index in [2.05, 4.69) is 123 Å². The molecule has 0 spiro atoms. The van der Waals surface area contributed by atoms with Crippen LogP contribution >= 0.6 is 0 Å². The quantitative estimate of drug-likeness (QED) is 0.101. The largest absolute Gasteiger partial charge is 0.619 e. The summed E-state index contributed by atoms with van der Waals surface area (Å²) in [6.07, 6.45) is 30.5. The van der Waals surface area contributed by atoms with Crippen molar-refractivity contribution in [2.75, 3.05) is 0 Å². The standard InChI is InChI=1S/C8H11N.C7H9N.5C6H8N2.C6H7NO.3C5H6N2/c1-6-4-7(2)9-8(3)5-6;1-6-3-4-8-5-7(6)2;1-5-3-7-4-8-6(5)2;1-5-3-6(2)8-4-7-5;1-5-3-7-6(2)8-4-5;2*1-5-3-4-7-6(2)8-5;1-6-2-4-7(8)5-3-6;1-5-2-6-4-7-3-5;1-5-2-3-6-4-7-5;1-5-6-3-2-4-7-5/h4-5H,1-3H3;3-5H,1-2H3;5*3-4H,1-2H3;2-5H,1H3;3*2-4H,1H3. The first kappa shape index (κ1) is 73.9. The summed E-state index contributed by atoms with van der Waals surface area (Å²) in [5.41, 5.74) is 16.7. The van der Waals surface area contributed by atoms with Gasteiger partial charge in [-0.25, -0.2) is 79.7 Å². The molecule has 0 radical (unpaired) electrons. The summed E-state index contributed by atoms with van der Waals surface area (Å²) in [5.74, 6) is 3.33. The second-order valence-electron chi connectivity index (χ2n) is 19.1. The van der Waals surface area contributed by atoms with E-state index in [9.17, 15) is 5.21 Å². The van der Waals surface area contributed by atoms with E-state index < -0.39 is 0 Å². The van der Waals surface area contributed by atoms with Gasteiger partial charge in [-0.3, -0.25) is 9.97 Å². The van der Waals surface area contributed by atoms with Crippen LogP contribution in [-0.2, 0) is 0 Å². The molecule has 0 N–H and O–H groups in total. The van der Waals surface area contributed by atoms with Crippen LogP contribution in [0, 0.1) is 137 Å². The lowest BCUT2D eigenvalue weighted by Gasteiger charge is -1.96. The molecular formula is C66H85N19O. The van der Waals surface area contributed by atoms with Crippen molar-refractivity contribution in [2.24, 2.45) is 0 Å². The van der Waals surface area contributed by atoms with Crippen LogP contribution in [0.4, 0.5) is 0 Å². The minimum atomic E-state index is 0.771. The second-order valence-corrected chi connectivity index (χ2v) is 19.1. The Labute approximate surface area is 509 Å². The van der Waals surface area contributed by atoms with Crippen molar-refractivity contribution in [3.8, 4) is 0 Å². The van der Waals surface area contributed by atoms with E-state index >= 15 is 0 Å².